The molecule has 0 unspecified atom stereocenters. The van der Waals surface area contributed by atoms with Gasteiger partial charge in [-0.2, -0.15) is 0 Å². The quantitative estimate of drug-likeness (QED) is 0.824. The van der Waals surface area contributed by atoms with E-state index >= 15 is 0 Å². The molecule has 16 heavy (non-hydrogen) atoms. The Kier molecular flexibility index (Phi) is 3.10. The lowest BCUT2D eigenvalue weighted by Crippen LogP contribution is -2.40. The number of aliphatic hydroxyl groups excluding tert-OH is 1. The first-order valence-electron chi connectivity index (χ1n) is 5.77. The zero-order valence-electron chi connectivity index (χ0n) is 9.98. The Morgan fingerprint density at radius 1 is 1.44 bits per heavy atom. The Morgan fingerprint density at radius 3 is 2.94 bits per heavy atom. The maximum atomic E-state index is 9.04. The monoisotopic (exact) mass is 221 g/mol. The van der Waals surface area contributed by atoms with E-state index in [9.17, 15) is 0 Å². The van der Waals surface area contributed by atoms with Gasteiger partial charge in [0.05, 0.1) is 24.7 Å². The maximum Gasteiger partial charge on any atom is 0.147 e. The molecule has 1 N–H and O–H groups in total. The highest BCUT2D eigenvalue weighted by Crippen LogP contribution is 2.30. The van der Waals surface area contributed by atoms with Gasteiger partial charge in [0.15, 0.2) is 0 Å². The smallest absolute Gasteiger partial charge is 0.147 e. The van der Waals surface area contributed by atoms with Crippen LogP contribution in [0, 0.1) is 5.41 Å². The number of hydrogen-bond donors (Lipinski definition) is 1. The van der Waals surface area contributed by atoms with Gasteiger partial charge in [-0.05, 0) is 18.3 Å². The number of hydrogen-bond acceptors (Lipinski definition) is 4. The van der Waals surface area contributed by atoms with Crippen LogP contribution in [0.3, 0.4) is 0 Å². The molecular weight excluding hydrogens is 202 g/mol. The van der Waals surface area contributed by atoms with Gasteiger partial charge in [0.25, 0.3) is 0 Å². The average molecular weight is 221 g/mol. The van der Waals surface area contributed by atoms with Crippen molar-refractivity contribution in [1.82, 2.24) is 9.97 Å². The van der Waals surface area contributed by atoms with Gasteiger partial charge in [0.2, 0.25) is 0 Å². The first kappa shape index (κ1) is 11.3. The molecule has 1 aromatic heterocycles. The topological polar surface area (TPSA) is 49.2 Å². The van der Waals surface area contributed by atoms with Crippen molar-refractivity contribution in [2.75, 3.05) is 18.0 Å². The molecule has 0 atom stereocenters. The minimum atomic E-state index is -0.0436. The zero-order valence-corrected chi connectivity index (χ0v) is 9.98. The molecule has 1 aromatic rings. The highest BCUT2D eigenvalue weighted by atomic mass is 16.3. The van der Waals surface area contributed by atoms with E-state index in [4.69, 9.17) is 5.11 Å². The first-order chi connectivity index (χ1) is 7.61. The summed E-state index contributed by atoms with van der Waals surface area (Å²) in [5.41, 5.74) is 0.982. The predicted octanol–water partition coefficient (Wildman–Crippen LogP) is 1.60. The van der Waals surface area contributed by atoms with Crippen LogP contribution < -0.4 is 4.90 Å². The van der Waals surface area contributed by atoms with Gasteiger partial charge in [-0.1, -0.05) is 13.8 Å². The van der Waals surface area contributed by atoms with Crippen LogP contribution in [0.25, 0.3) is 0 Å². The molecular formula is C12H19N3O. The van der Waals surface area contributed by atoms with Crippen LogP contribution in [-0.2, 0) is 6.61 Å². The fraction of sp³-hybridized carbons (Fsp3) is 0.667. The van der Waals surface area contributed by atoms with Crippen LogP contribution in [0.1, 0.15) is 32.4 Å². The molecule has 1 aliphatic heterocycles. The number of aromatic nitrogens is 2. The zero-order chi connectivity index (χ0) is 11.6. The summed E-state index contributed by atoms with van der Waals surface area (Å²) in [7, 11) is 0. The van der Waals surface area contributed by atoms with E-state index < -0.39 is 0 Å². The highest BCUT2D eigenvalue weighted by Gasteiger charge is 2.27. The van der Waals surface area contributed by atoms with E-state index in [1.165, 1.54) is 12.8 Å². The fourth-order valence-electron chi connectivity index (χ4n) is 2.24. The van der Waals surface area contributed by atoms with Gasteiger partial charge in [-0.25, -0.2) is 4.98 Å². The second kappa shape index (κ2) is 4.37. The number of piperidine rings is 1. The number of aliphatic hydroxyl groups is 1. The summed E-state index contributed by atoms with van der Waals surface area (Å²) in [4.78, 5) is 10.8. The molecule has 1 saturated heterocycles. The molecule has 0 amide bonds. The van der Waals surface area contributed by atoms with Crippen LogP contribution >= 0.6 is 0 Å². The molecule has 88 valence electrons. The number of anilines is 1. The van der Waals surface area contributed by atoms with Crippen molar-refractivity contribution in [2.45, 2.75) is 33.3 Å². The molecule has 4 heteroatoms. The van der Waals surface area contributed by atoms with Gasteiger partial charge in [-0.15, -0.1) is 0 Å². The summed E-state index contributed by atoms with van der Waals surface area (Å²) < 4.78 is 0. The molecule has 0 spiro atoms. The molecule has 0 saturated carbocycles. The predicted molar refractivity (Wildman–Crippen MR) is 63.2 cm³/mol. The summed E-state index contributed by atoms with van der Waals surface area (Å²) in [6.07, 6.45) is 5.84. The summed E-state index contributed by atoms with van der Waals surface area (Å²) in [5, 5.41) is 9.04. The van der Waals surface area contributed by atoms with Gasteiger partial charge < -0.3 is 10.0 Å². The van der Waals surface area contributed by atoms with Gasteiger partial charge in [-0.3, -0.25) is 4.98 Å². The van der Waals surface area contributed by atoms with E-state index in [2.05, 4.69) is 28.7 Å². The SMILES string of the molecule is CC1(C)CCCN(c2cncc(CO)n2)C1. The lowest BCUT2D eigenvalue weighted by Gasteiger charge is -2.38. The summed E-state index contributed by atoms with van der Waals surface area (Å²) in [5.74, 6) is 0.888. The molecule has 0 radical (unpaired) electrons. The van der Waals surface area contributed by atoms with Crippen LogP contribution in [0.4, 0.5) is 5.82 Å². The average Bonchev–Trinajstić information content (AvgIpc) is 2.28. The number of rotatable bonds is 2. The van der Waals surface area contributed by atoms with E-state index in [0.29, 0.717) is 11.1 Å². The lowest BCUT2D eigenvalue weighted by molar-refractivity contribution is 0.275. The molecule has 2 rings (SSSR count). The minimum Gasteiger partial charge on any atom is -0.390 e. The van der Waals surface area contributed by atoms with Crippen molar-refractivity contribution < 1.29 is 5.11 Å². The third-order valence-corrected chi connectivity index (χ3v) is 3.06. The van der Waals surface area contributed by atoms with Crippen LogP contribution in [0.5, 0.6) is 0 Å². The van der Waals surface area contributed by atoms with Crippen LogP contribution in [0.2, 0.25) is 0 Å². The Morgan fingerprint density at radius 2 is 2.25 bits per heavy atom. The van der Waals surface area contributed by atoms with Gasteiger partial charge in [0, 0.05) is 13.1 Å². The van der Waals surface area contributed by atoms with Crippen molar-refractivity contribution in [1.29, 1.82) is 0 Å². The molecule has 1 fully saturated rings. The Labute approximate surface area is 96.3 Å². The summed E-state index contributed by atoms with van der Waals surface area (Å²) in [6.45, 7) is 6.56. The molecule has 4 nitrogen and oxygen atoms in total. The van der Waals surface area contributed by atoms with E-state index in [1.807, 2.05) is 0 Å². The van der Waals surface area contributed by atoms with Crippen LogP contribution in [-0.4, -0.2) is 28.2 Å². The van der Waals surface area contributed by atoms with E-state index in [-0.39, 0.29) is 6.61 Å². The van der Waals surface area contributed by atoms with E-state index in [1.54, 1.807) is 12.4 Å². The second-order valence-electron chi connectivity index (χ2n) is 5.22. The molecule has 0 bridgehead atoms. The standard InChI is InChI=1S/C12H19N3O/c1-12(2)4-3-5-15(9-12)11-7-13-6-10(8-16)14-11/h6-7,16H,3-5,8-9H2,1-2H3. The maximum absolute atomic E-state index is 9.04. The molecule has 2 heterocycles. The minimum absolute atomic E-state index is 0.0436. The van der Waals surface area contributed by atoms with Crippen molar-refractivity contribution in [3.63, 3.8) is 0 Å². The highest BCUT2D eigenvalue weighted by molar-refractivity contribution is 5.37. The van der Waals surface area contributed by atoms with Gasteiger partial charge in [0.1, 0.15) is 5.82 Å². The first-order valence-corrected chi connectivity index (χ1v) is 5.77. The van der Waals surface area contributed by atoms with Crippen molar-refractivity contribution in [3.05, 3.63) is 18.1 Å². The number of nitrogens with zero attached hydrogens (tertiary/aromatic N) is 3. The van der Waals surface area contributed by atoms with Crippen molar-refractivity contribution in [2.24, 2.45) is 5.41 Å². The Hall–Kier alpha value is -1.16. The fourth-order valence-corrected chi connectivity index (χ4v) is 2.24. The second-order valence-corrected chi connectivity index (χ2v) is 5.22. The summed E-state index contributed by atoms with van der Waals surface area (Å²) >= 11 is 0. The molecule has 0 aromatic carbocycles. The van der Waals surface area contributed by atoms with Gasteiger partial charge >= 0.3 is 0 Å². The Bertz CT molecular complexity index is 365. The normalized spacial score (nSPS) is 19.8. The summed E-state index contributed by atoms with van der Waals surface area (Å²) in [6, 6.07) is 0. The largest absolute Gasteiger partial charge is 0.390 e. The lowest BCUT2D eigenvalue weighted by atomic mass is 9.84. The third kappa shape index (κ3) is 2.50. The molecule has 1 aliphatic rings. The Balaban J connectivity index is 2.16. The molecule has 0 aliphatic carbocycles. The van der Waals surface area contributed by atoms with E-state index in [0.717, 1.165) is 18.9 Å². The van der Waals surface area contributed by atoms with Crippen LogP contribution in [0.15, 0.2) is 12.4 Å². The third-order valence-electron chi connectivity index (χ3n) is 3.06. The van der Waals surface area contributed by atoms with Crippen molar-refractivity contribution in [3.8, 4) is 0 Å². The van der Waals surface area contributed by atoms with Crippen molar-refractivity contribution >= 4 is 5.82 Å².